The lowest BCUT2D eigenvalue weighted by molar-refractivity contribution is 0.582. The van der Waals surface area contributed by atoms with Gasteiger partial charge in [0.15, 0.2) is 9.84 Å². The minimum absolute atomic E-state index is 0.0918. The van der Waals surface area contributed by atoms with Crippen molar-refractivity contribution < 1.29 is 8.42 Å². The molecule has 0 unspecified atom stereocenters. The van der Waals surface area contributed by atoms with Crippen molar-refractivity contribution in [3.8, 4) is 10.6 Å². The van der Waals surface area contributed by atoms with Gasteiger partial charge in [-0.1, -0.05) is 13.0 Å². The van der Waals surface area contributed by atoms with E-state index in [1.807, 2.05) is 17.5 Å². The Bertz CT molecular complexity index is 615. The van der Waals surface area contributed by atoms with Gasteiger partial charge in [-0.05, 0) is 11.4 Å². The van der Waals surface area contributed by atoms with Crippen LogP contribution in [0, 0.1) is 0 Å². The summed E-state index contributed by atoms with van der Waals surface area (Å²) in [6.45, 7) is 1.98. The van der Waals surface area contributed by atoms with Gasteiger partial charge < -0.3 is 5.73 Å². The van der Waals surface area contributed by atoms with Crippen LogP contribution >= 0.6 is 11.3 Å². The van der Waals surface area contributed by atoms with Crippen LogP contribution in [0.1, 0.15) is 6.92 Å². The van der Waals surface area contributed by atoms with Crippen LogP contribution < -0.4 is 5.73 Å². The zero-order valence-electron chi connectivity index (χ0n) is 10.0. The van der Waals surface area contributed by atoms with Crippen molar-refractivity contribution in [1.82, 2.24) is 9.78 Å². The minimum atomic E-state index is -2.97. The van der Waals surface area contributed by atoms with Crippen molar-refractivity contribution in [2.75, 3.05) is 17.2 Å². The van der Waals surface area contributed by atoms with Crippen molar-refractivity contribution in [1.29, 1.82) is 0 Å². The van der Waals surface area contributed by atoms with Gasteiger partial charge in [0.1, 0.15) is 5.69 Å². The van der Waals surface area contributed by atoms with Crippen LogP contribution in [-0.2, 0) is 16.4 Å². The molecule has 98 valence electrons. The summed E-state index contributed by atoms with van der Waals surface area (Å²) in [7, 11) is -2.97. The van der Waals surface area contributed by atoms with Gasteiger partial charge in [-0.2, -0.15) is 5.10 Å². The molecule has 0 fully saturated rings. The van der Waals surface area contributed by atoms with E-state index in [4.69, 9.17) is 5.73 Å². The molecule has 0 radical (unpaired) electrons. The highest BCUT2D eigenvalue weighted by Gasteiger charge is 2.12. The SMILES string of the molecule is CCS(=O)(=O)CCn1cc(N)c(-c2cccs2)n1. The van der Waals surface area contributed by atoms with Crippen LogP contribution in [-0.4, -0.2) is 29.7 Å². The highest BCUT2D eigenvalue weighted by Crippen LogP contribution is 2.27. The molecule has 0 aliphatic rings. The molecule has 2 aromatic heterocycles. The number of sulfone groups is 1. The molecule has 18 heavy (non-hydrogen) atoms. The first-order chi connectivity index (χ1) is 8.52. The van der Waals surface area contributed by atoms with Crippen LogP contribution in [0.3, 0.4) is 0 Å². The number of hydrogen-bond acceptors (Lipinski definition) is 5. The number of aromatic nitrogens is 2. The highest BCUT2D eigenvalue weighted by molar-refractivity contribution is 7.91. The summed E-state index contributed by atoms with van der Waals surface area (Å²) in [5.74, 6) is 0.246. The minimum Gasteiger partial charge on any atom is -0.396 e. The summed E-state index contributed by atoms with van der Waals surface area (Å²) < 4.78 is 24.4. The topological polar surface area (TPSA) is 78.0 Å². The average molecular weight is 285 g/mol. The maximum atomic E-state index is 11.4. The Hall–Kier alpha value is -1.34. The van der Waals surface area contributed by atoms with Crippen molar-refractivity contribution in [3.63, 3.8) is 0 Å². The second-order valence-corrected chi connectivity index (χ2v) is 7.33. The molecular formula is C11H15N3O2S2. The fraction of sp³-hybridized carbons (Fsp3) is 0.364. The van der Waals surface area contributed by atoms with Gasteiger partial charge >= 0.3 is 0 Å². The molecule has 2 aromatic rings. The monoisotopic (exact) mass is 285 g/mol. The molecule has 0 amide bonds. The molecule has 7 heteroatoms. The molecule has 0 atom stereocenters. The average Bonchev–Trinajstić information content (AvgIpc) is 2.95. The predicted octanol–water partition coefficient (Wildman–Crippen LogP) is 1.63. The van der Waals surface area contributed by atoms with Crippen molar-refractivity contribution >= 4 is 26.9 Å². The Morgan fingerprint density at radius 2 is 2.28 bits per heavy atom. The van der Waals surface area contributed by atoms with E-state index in [2.05, 4.69) is 5.10 Å². The third-order valence-corrected chi connectivity index (χ3v) is 5.18. The maximum absolute atomic E-state index is 11.4. The Balaban J connectivity index is 2.15. The van der Waals surface area contributed by atoms with Crippen molar-refractivity contribution in [3.05, 3.63) is 23.7 Å². The third-order valence-electron chi connectivity index (χ3n) is 2.62. The number of rotatable bonds is 5. The van der Waals surface area contributed by atoms with E-state index in [1.165, 1.54) is 0 Å². The van der Waals surface area contributed by atoms with E-state index in [0.29, 0.717) is 12.2 Å². The molecule has 0 aromatic carbocycles. The van der Waals surface area contributed by atoms with E-state index >= 15 is 0 Å². The lowest BCUT2D eigenvalue weighted by Crippen LogP contribution is -2.14. The van der Waals surface area contributed by atoms with Crippen LogP contribution in [0.5, 0.6) is 0 Å². The second-order valence-electron chi connectivity index (χ2n) is 3.91. The molecular weight excluding hydrogens is 270 g/mol. The van der Waals surface area contributed by atoms with Gasteiger partial charge in [-0.25, -0.2) is 8.42 Å². The number of nitrogens with zero attached hydrogens (tertiary/aromatic N) is 2. The van der Waals surface area contributed by atoms with Crippen LogP contribution in [0.15, 0.2) is 23.7 Å². The summed E-state index contributed by atoms with van der Waals surface area (Å²) >= 11 is 1.56. The lowest BCUT2D eigenvalue weighted by atomic mass is 10.3. The van der Waals surface area contributed by atoms with Gasteiger partial charge in [0, 0.05) is 11.9 Å². The number of nitrogen functional groups attached to an aromatic ring is 1. The Labute approximate surface area is 110 Å². The predicted molar refractivity (Wildman–Crippen MR) is 74.3 cm³/mol. The number of nitrogens with two attached hydrogens (primary N) is 1. The molecule has 0 saturated carbocycles. The first-order valence-corrected chi connectivity index (χ1v) is 8.29. The molecule has 0 bridgehead atoms. The molecule has 2 heterocycles. The summed E-state index contributed by atoms with van der Waals surface area (Å²) in [6.07, 6.45) is 1.68. The van der Waals surface area contributed by atoms with Gasteiger partial charge in [0.25, 0.3) is 0 Å². The number of thiophene rings is 1. The van der Waals surface area contributed by atoms with E-state index in [1.54, 1.807) is 29.1 Å². The second kappa shape index (κ2) is 5.11. The van der Waals surface area contributed by atoms with E-state index in [-0.39, 0.29) is 11.5 Å². The summed E-state index contributed by atoms with van der Waals surface area (Å²) in [5, 5.41) is 6.28. The normalized spacial score (nSPS) is 11.8. The standard InChI is InChI=1S/C11H15N3O2S2/c1-2-18(15,16)7-5-14-8-9(12)11(13-14)10-4-3-6-17-10/h3-4,6,8H,2,5,7,12H2,1H3. The number of aryl methyl sites for hydroxylation is 1. The van der Waals surface area contributed by atoms with Gasteiger partial charge in [0.2, 0.25) is 0 Å². The van der Waals surface area contributed by atoms with Crippen LogP contribution in [0.4, 0.5) is 5.69 Å². The highest BCUT2D eigenvalue weighted by atomic mass is 32.2. The molecule has 0 saturated heterocycles. The molecule has 0 aliphatic carbocycles. The molecule has 0 spiro atoms. The number of hydrogen-bond donors (Lipinski definition) is 1. The first kappa shape index (κ1) is 13.1. The number of anilines is 1. The molecule has 2 rings (SSSR count). The van der Waals surface area contributed by atoms with Gasteiger partial charge in [-0.3, -0.25) is 4.68 Å². The molecule has 2 N–H and O–H groups in total. The van der Waals surface area contributed by atoms with E-state index < -0.39 is 9.84 Å². The molecule has 5 nitrogen and oxygen atoms in total. The third kappa shape index (κ3) is 2.91. The Kier molecular flexibility index (Phi) is 3.72. The largest absolute Gasteiger partial charge is 0.396 e. The fourth-order valence-electron chi connectivity index (χ4n) is 1.53. The van der Waals surface area contributed by atoms with E-state index in [0.717, 1.165) is 10.6 Å². The zero-order valence-corrected chi connectivity index (χ0v) is 11.7. The Morgan fingerprint density at radius 1 is 1.50 bits per heavy atom. The maximum Gasteiger partial charge on any atom is 0.151 e. The van der Waals surface area contributed by atoms with Crippen molar-refractivity contribution in [2.45, 2.75) is 13.5 Å². The van der Waals surface area contributed by atoms with Crippen molar-refractivity contribution in [2.24, 2.45) is 0 Å². The first-order valence-electron chi connectivity index (χ1n) is 5.59. The summed E-state index contributed by atoms with van der Waals surface area (Å²) in [4.78, 5) is 0.990. The summed E-state index contributed by atoms with van der Waals surface area (Å²) in [5.41, 5.74) is 7.17. The lowest BCUT2D eigenvalue weighted by Gasteiger charge is -2.01. The zero-order chi connectivity index (χ0) is 13.2. The van der Waals surface area contributed by atoms with E-state index in [9.17, 15) is 8.42 Å². The fourth-order valence-corrected chi connectivity index (χ4v) is 3.02. The quantitative estimate of drug-likeness (QED) is 0.905. The van der Waals surface area contributed by atoms with Crippen LogP contribution in [0.2, 0.25) is 0 Å². The van der Waals surface area contributed by atoms with Crippen LogP contribution in [0.25, 0.3) is 10.6 Å². The Morgan fingerprint density at radius 3 is 2.89 bits per heavy atom. The van der Waals surface area contributed by atoms with Gasteiger partial charge in [0.05, 0.1) is 22.9 Å². The molecule has 0 aliphatic heterocycles. The summed E-state index contributed by atoms with van der Waals surface area (Å²) in [6, 6.07) is 3.87. The smallest absolute Gasteiger partial charge is 0.151 e. The van der Waals surface area contributed by atoms with Gasteiger partial charge in [-0.15, -0.1) is 11.3 Å².